The second-order valence-electron chi connectivity index (χ2n) is 3.25. The first-order valence-corrected chi connectivity index (χ1v) is 5.96. The van der Waals surface area contributed by atoms with Crippen LogP contribution in [0.3, 0.4) is 0 Å². The molecule has 0 bridgehead atoms. The quantitative estimate of drug-likeness (QED) is 0.257. The predicted octanol–water partition coefficient (Wildman–Crippen LogP) is 3.04. The van der Waals surface area contributed by atoms with Crippen molar-refractivity contribution in [3.8, 4) is 0 Å². The minimum Gasteiger partial charge on any atom is -0.409 e. The number of benzene rings is 1. The molecule has 0 spiro atoms. The zero-order valence-electron chi connectivity index (χ0n) is 8.58. The Labute approximate surface area is 108 Å². The number of anilines is 1. The molecule has 4 N–H and O–H groups in total. The molecule has 0 unspecified atom stereocenters. The third-order valence-corrected chi connectivity index (χ3v) is 3.20. The maximum atomic E-state index is 8.34. The van der Waals surface area contributed by atoms with Gasteiger partial charge in [-0.1, -0.05) is 16.8 Å². The van der Waals surface area contributed by atoms with Crippen LogP contribution in [0.25, 0.3) is 0 Å². The maximum absolute atomic E-state index is 8.34. The van der Waals surface area contributed by atoms with Gasteiger partial charge in [0.15, 0.2) is 0 Å². The van der Waals surface area contributed by atoms with E-state index >= 15 is 0 Å². The molecule has 0 aliphatic carbocycles. The number of nitrogens with two attached hydrogens (primary N) is 1. The molecule has 0 atom stereocenters. The smallest absolute Gasteiger partial charge is 0.139 e. The van der Waals surface area contributed by atoms with Crippen LogP contribution < -0.4 is 11.1 Å². The van der Waals surface area contributed by atoms with Gasteiger partial charge in [0.25, 0.3) is 0 Å². The fourth-order valence-electron chi connectivity index (χ4n) is 1.16. The molecule has 0 radical (unpaired) electrons. The van der Waals surface area contributed by atoms with Crippen molar-refractivity contribution in [1.29, 1.82) is 0 Å². The summed E-state index contributed by atoms with van der Waals surface area (Å²) in [5.74, 6) is 0.249. The molecule has 6 heteroatoms. The van der Waals surface area contributed by atoms with Crippen molar-refractivity contribution >= 4 is 39.1 Å². The maximum Gasteiger partial charge on any atom is 0.139 e. The molecule has 1 aromatic rings. The Morgan fingerprint density at radius 1 is 1.56 bits per heavy atom. The van der Waals surface area contributed by atoms with E-state index in [1.165, 1.54) is 0 Å². The SMILES string of the molecule is NC(CCCNc1ccc(Cl)c(Br)c1)=NO. The van der Waals surface area contributed by atoms with Crippen molar-refractivity contribution in [2.75, 3.05) is 11.9 Å². The molecule has 0 saturated heterocycles. The van der Waals surface area contributed by atoms with E-state index in [1.807, 2.05) is 18.2 Å². The summed E-state index contributed by atoms with van der Waals surface area (Å²) in [6.07, 6.45) is 1.37. The second kappa shape index (κ2) is 6.60. The summed E-state index contributed by atoms with van der Waals surface area (Å²) in [4.78, 5) is 0. The van der Waals surface area contributed by atoms with Gasteiger partial charge in [-0.25, -0.2) is 0 Å². The molecule has 0 fully saturated rings. The van der Waals surface area contributed by atoms with Crippen LogP contribution in [-0.4, -0.2) is 17.6 Å². The van der Waals surface area contributed by atoms with Crippen molar-refractivity contribution in [2.45, 2.75) is 12.8 Å². The summed E-state index contributed by atoms with van der Waals surface area (Å²) in [5.41, 5.74) is 6.33. The van der Waals surface area contributed by atoms with E-state index in [0.717, 1.165) is 23.1 Å². The molecule has 88 valence electrons. The number of nitrogens with zero attached hydrogens (tertiary/aromatic N) is 1. The molecule has 1 aromatic carbocycles. The standard InChI is InChI=1S/C10H13BrClN3O/c11-8-6-7(3-4-9(8)12)14-5-1-2-10(13)15-16/h3-4,6,14,16H,1-2,5H2,(H2,13,15). The molecule has 16 heavy (non-hydrogen) atoms. The number of halogens is 2. The Kier molecular flexibility index (Phi) is 5.42. The predicted molar refractivity (Wildman–Crippen MR) is 70.3 cm³/mol. The lowest BCUT2D eigenvalue weighted by Crippen LogP contribution is -2.13. The van der Waals surface area contributed by atoms with Crippen LogP contribution in [0.4, 0.5) is 5.69 Å². The monoisotopic (exact) mass is 305 g/mol. The topological polar surface area (TPSA) is 70.6 Å². The Balaban J connectivity index is 2.35. The molecule has 0 amide bonds. The highest BCUT2D eigenvalue weighted by Crippen LogP contribution is 2.25. The minimum absolute atomic E-state index is 0.249. The summed E-state index contributed by atoms with van der Waals surface area (Å²) < 4.78 is 0.857. The summed E-state index contributed by atoms with van der Waals surface area (Å²) in [6, 6.07) is 5.62. The van der Waals surface area contributed by atoms with Crippen molar-refractivity contribution in [3.05, 3.63) is 27.7 Å². The number of nitrogens with one attached hydrogen (secondary N) is 1. The van der Waals surface area contributed by atoms with Gasteiger partial charge >= 0.3 is 0 Å². The van der Waals surface area contributed by atoms with Gasteiger partial charge in [0.1, 0.15) is 5.84 Å². The van der Waals surface area contributed by atoms with Gasteiger partial charge in [0.05, 0.1) is 5.02 Å². The van der Waals surface area contributed by atoms with E-state index in [0.29, 0.717) is 11.4 Å². The molecule has 0 aromatic heterocycles. The fraction of sp³-hybridized carbons (Fsp3) is 0.300. The Morgan fingerprint density at radius 3 is 2.94 bits per heavy atom. The average Bonchev–Trinajstić information content (AvgIpc) is 2.28. The highest BCUT2D eigenvalue weighted by atomic mass is 79.9. The van der Waals surface area contributed by atoms with Gasteiger partial charge in [-0.15, -0.1) is 0 Å². The first kappa shape index (κ1) is 13.1. The van der Waals surface area contributed by atoms with Crippen LogP contribution in [0.15, 0.2) is 27.8 Å². The van der Waals surface area contributed by atoms with Crippen molar-refractivity contribution in [3.63, 3.8) is 0 Å². The van der Waals surface area contributed by atoms with E-state index in [9.17, 15) is 0 Å². The number of hydrogen-bond acceptors (Lipinski definition) is 3. The summed E-state index contributed by atoms with van der Waals surface area (Å²) in [7, 11) is 0. The van der Waals surface area contributed by atoms with Crippen LogP contribution in [-0.2, 0) is 0 Å². The lowest BCUT2D eigenvalue weighted by atomic mass is 10.2. The first-order valence-electron chi connectivity index (χ1n) is 4.79. The first-order chi connectivity index (χ1) is 7.63. The van der Waals surface area contributed by atoms with Gasteiger partial charge in [-0.05, 0) is 40.5 Å². The van der Waals surface area contributed by atoms with Gasteiger partial charge in [0, 0.05) is 23.1 Å². The molecular weight excluding hydrogens is 293 g/mol. The largest absolute Gasteiger partial charge is 0.409 e. The Bertz CT molecular complexity index is 384. The molecule has 0 aliphatic heterocycles. The summed E-state index contributed by atoms with van der Waals surface area (Å²) in [5, 5.41) is 15.1. The van der Waals surface area contributed by atoms with E-state index in [1.54, 1.807) is 0 Å². The van der Waals surface area contributed by atoms with Crippen LogP contribution in [0.1, 0.15) is 12.8 Å². The summed E-state index contributed by atoms with van der Waals surface area (Å²) in [6.45, 7) is 0.754. The third-order valence-electron chi connectivity index (χ3n) is 1.99. The van der Waals surface area contributed by atoms with Gasteiger partial charge < -0.3 is 16.3 Å². The molecular formula is C10H13BrClN3O. The van der Waals surface area contributed by atoms with Crippen molar-refractivity contribution < 1.29 is 5.21 Å². The van der Waals surface area contributed by atoms with Gasteiger partial charge in [-0.3, -0.25) is 0 Å². The average molecular weight is 307 g/mol. The lowest BCUT2D eigenvalue weighted by Gasteiger charge is -2.06. The highest BCUT2D eigenvalue weighted by Gasteiger charge is 1.98. The number of oxime groups is 1. The lowest BCUT2D eigenvalue weighted by molar-refractivity contribution is 0.316. The van der Waals surface area contributed by atoms with Crippen molar-refractivity contribution in [1.82, 2.24) is 0 Å². The van der Waals surface area contributed by atoms with E-state index in [-0.39, 0.29) is 5.84 Å². The molecule has 1 rings (SSSR count). The highest BCUT2D eigenvalue weighted by molar-refractivity contribution is 9.10. The van der Waals surface area contributed by atoms with Crippen LogP contribution in [0.5, 0.6) is 0 Å². The normalized spacial score (nSPS) is 11.5. The van der Waals surface area contributed by atoms with E-state index in [2.05, 4.69) is 26.4 Å². The number of amidine groups is 1. The van der Waals surface area contributed by atoms with Crippen LogP contribution >= 0.6 is 27.5 Å². The molecule has 0 aliphatic rings. The Morgan fingerprint density at radius 2 is 2.31 bits per heavy atom. The fourth-order valence-corrected chi connectivity index (χ4v) is 1.65. The third kappa shape index (κ3) is 4.28. The van der Waals surface area contributed by atoms with E-state index < -0.39 is 0 Å². The summed E-state index contributed by atoms with van der Waals surface area (Å²) >= 11 is 9.21. The Hall–Kier alpha value is -0.940. The van der Waals surface area contributed by atoms with Crippen molar-refractivity contribution in [2.24, 2.45) is 10.9 Å². The zero-order valence-corrected chi connectivity index (χ0v) is 10.9. The molecule has 0 saturated carbocycles. The van der Waals surface area contributed by atoms with Gasteiger partial charge in [0.2, 0.25) is 0 Å². The number of hydrogen-bond donors (Lipinski definition) is 3. The van der Waals surface area contributed by atoms with E-state index in [4.69, 9.17) is 22.5 Å². The minimum atomic E-state index is 0.249. The zero-order chi connectivity index (χ0) is 12.0. The van der Waals surface area contributed by atoms with Crippen LogP contribution in [0, 0.1) is 0 Å². The van der Waals surface area contributed by atoms with Crippen LogP contribution in [0.2, 0.25) is 5.02 Å². The number of rotatable bonds is 5. The van der Waals surface area contributed by atoms with Gasteiger partial charge in [-0.2, -0.15) is 0 Å². The molecule has 4 nitrogen and oxygen atoms in total. The molecule has 0 heterocycles. The second-order valence-corrected chi connectivity index (χ2v) is 4.51.